The van der Waals surface area contributed by atoms with Crippen LogP contribution in [0, 0.1) is 0 Å². The maximum atomic E-state index is 12.8. The molecule has 0 aromatic heterocycles. The van der Waals surface area contributed by atoms with Gasteiger partial charge in [-0.25, -0.2) is 0 Å². The van der Waals surface area contributed by atoms with E-state index in [1.54, 1.807) is 18.2 Å². The van der Waals surface area contributed by atoms with Crippen LogP contribution in [0.4, 0.5) is 0 Å². The fourth-order valence-corrected chi connectivity index (χ4v) is 3.26. The standard InChI is InChI=1S/C20H17BrN2O5/c1-28-18(25)12-22(10-13-5-3-2-4-6-13)17(24)11-23-19(26)15-8-7-14(21)9-16(15)20(23)27/h2-9H,10-12H2,1H3. The van der Waals surface area contributed by atoms with Gasteiger partial charge in [-0.1, -0.05) is 46.3 Å². The Bertz CT molecular complexity index is 945. The highest BCUT2D eigenvalue weighted by atomic mass is 79.9. The summed E-state index contributed by atoms with van der Waals surface area (Å²) in [5.41, 5.74) is 1.31. The molecule has 0 fully saturated rings. The first-order valence-corrected chi connectivity index (χ1v) is 9.24. The van der Waals surface area contributed by atoms with Gasteiger partial charge in [-0.3, -0.25) is 24.1 Å². The number of fused-ring (bicyclic) bond motifs is 1. The van der Waals surface area contributed by atoms with Crippen molar-refractivity contribution in [1.82, 2.24) is 9.80 Å². The lowest BCUT2D eigenvalue weighted by atomic mass is 10.1. The lowest BCUT2D eigenvalue weighted by Crippen LogP contribution is -2.44. The zero-order valence-corrected chi connectivity index (χ0v) is 16.6. The van der Waals surface area contributed by atoms with Gasteiger partial charge in [0.25, 0.3) is 11.8 Å². The quantitative estimate of drug-likeness (QED) is 0.503. The van der Waals surface area contributed by atoms with Gasteiger partial charge in [0.1, 0.15) is 13.1 Å². The summed E-state index contributed by atoms with van der Waals surface area (Å²) in [6.07, 6.45) is 0. The Morgan fingerprint density at radius 3 is 2.39 bits per heavy atom. The molecule has 7 nitrogen and oxygen atoms in total. The lowest BCUT2D eigenvalue weighted by Gasteiger charge is -2.24. The number of carbonyl (C=O) groups is 4. The third kappa shape index (κ3) is 4.12. The Morgan fingerprint density at radius 1 is 1.04 bits per heavy atom. The molecule has 0 atom stereocenters. The fourth-order valence-electron chi connectivity index (χ4n) is 2.90. The number of imide groups is 1. The molecule has 0 unspecified atom stereocenters. The van der Waals surface area contributed by atoms with Crippen LogP contribution in [0.1, 0.15) is 26.3 Å². The van der Waals surface area contributed by atoms with Crippen molar-refractivity contribution in [2.75, 3.05) is 20.2 Å². The summed E-state index contributed by atoms with van der Waals surface area (Å²) >= 11 is 3.27. The number of rotatable bonds is 6. The second-order valence-corrected chi connectivity index (χ2v) is 7.11. The van der Waals surface area contributed by atoms with Crippen molar-refractivity contribution < 1.29 is 23.9 Å². The molecule has 144 valence electrons. The van der Waals surface area contributed by atoms with Crippen molar-refractivity contribution in [2.24, 2.45) is 0 Å². The van der Waals surface area contributed by atoms with Crippen LogP contribution in [0.15, 0.2) is 53.0 Å². The normalized spacial score (nSPS) is 12.7. The SMILES string of the molecule is COC(=O)CN(Cc1ccccc1)C(=O)CN1C(=O)c2ccc(Br)cc2C1=O. The third-order valence-corrected chi connectivity index (χ3v) is 4.84. The highest BCUT2D eigenvalue weighted by molar-refractivity contribution is 9.10. The molecule has 0 N–H and O–H groups in total. The molecule has 0 saturated heterocycles. The highest BCUT2D eigenvalue weighted by Gasteiger charge is 2.37. The summed E-state index contributed by atoms with van der Waals surface area (Å²) in [5.74, 6) is -2.18. The minimum Gasteiger partial charge on any atom is -0.468 e. The largest absolute Gasteiger partial charge is 0.468 e. The number of benzene rings is 2. The van der Waals surface area contributed by atoms with Crippen LogP contribution in [0.5, 0.6) is 0 Å². The summed E-state index contributed by atoms with van der Waals surface area (Å²) in [7, 11) is 1.23. The first-order chi connectivity index (χ1) is 13.4. The molecule has 1 aliphatic heterocycles. The molecule has 0 bridgehead atoms. The maximum absolute atomic E-state index is 12.8. The Balaban J connectivity index is 1.79. The van der Waals surface area contributed by atoms with Crippen LogP contribution in [0.2, 0.25) is 0 Å². The van der Waals surface area contributed by atoms with Crippen LogP contribution >= 0.6 is 15.9 Å². The summed E-state index contributed by atoms with van der Waals surface area (Å²) in [5, 5.41) is 0. The zero-order chi connectivity index (χ0) is 20.3. The van der Waals surface area contributed by atoms with Crippen molar-refractivity contribution in [2.45, 2.75) is 6.54 Å². The van der Waals surface area contributed by atoms with E-state index in [1.807, 2.05) is 30.3 Å². The maximum Gasteiger partial charge on any atom is 0.325 e. The number of hydrogen-bond donors (Lipinski definition) is 0. The smallest absolute Gasteiger partial charge is 0.325 e. The van der Waals surface area contributed by atoms with Gasteiger partial charge in [-0.2, -0.15) is 0 Å². The summed E-state index contributed by atoms with van der Waals surface area (Å²) in [4.78, 5) is 51.8. The van der Waals surface area contributed by atoms with E-state index in [2.05, 4.69) is 20.7 Å². The molecular weight excluding hydrogens is 428 g/mol. The van der Waals surface area contributed by atoms with Gasteiger partial charge in [0.2, 0.25) is 5.91 Å². The van der Waals surface area contributed by atoms with E-state index >= 15 is 0 Å². The molecule has 0 saturated carbocycles. The molecule has 1 aliphatic rings. The van der Waals surface area contributed by atoms with Crippen LogP contribution in [-0.2, 0) is 20.9 Å². The highest BCUT2D eigenvalue weighted by Crippen LogP contribution is 2.26. The first-order valence-electron chi connectivity index (χ1n) is 8.45. The van der Waals surface area contributed by atoms with Gasteiger partial charge in [-0.05, 0) is 23.8 Å². The molecule has 3 rings (SSSR count). The number of nitrogens with zero attached hydrogens (tertiary/aromatic N) is 2. The Morgan fingerprint density at radius 2 is 1.71 bits per heavy atom. The molecule has 28 heavy (non-hydrogen) atoms. The number of methoxy groups -OCH3 is 1. The van der Waals surface area contributed by atoms with Gasteiger partial charge >= 0.3 is 5.97 Å². The average Bonchev–Trinajstić information content (AvgIpc) is 2.92. The van der Waals surface area contributed by atoms with E-state index in [1.165, 1.54) is 12.0 Å². The van der Waals surface area contributed by atoms with Gasteiger partial charge in [0.05, 0.1) is 18.2 Å². The second kappa shape index (κ2) is 8.35. The average molecular weight is 445 g/mol. The lowest BCUT2D eigenvalue weighted by molar-refractivity contribution is -0.147. The molecule has 8 heteroatoms. The van der Waals surface area contributed by atoms with Crippen LogP contribution in [0.25, 0.3) is 0 Å². The third-order valence-electron chi connectivity index (χ3n) is 4.34. The number of amides is 3. The Hall–Kier alpha value is -3.00. The Kier molecular flexibility index (Phi) is 5.89. The van der Waals surface area contributed by atoms with E-state index < -0.39 is 30.2 Å². The van der Waals surface area contributed by atoms with Crippen molar-refractivity contribution in [3.63, 3.8) is 0 Å². The predicted octanol–water partition coefficient (Wildman–Crippen LogP) is 2.25. The van der Waals surface area contributed by atoms with E-state index in [0.717, 1.165) is 10.5 Å². The number of hydrogen-bond acceptors (Lipinski definition) is 5. The molecule has 2 aromatic rings. The van der Waals surface area contributed by atoms with Gasteiger partial charge in [-0.15, -0.1) is 0 Å². The molecule has 3 amide bonds. The number of carbonyl (C=O) groups excluding carboxylic acids is 4. The molecule has 0 radical (unpaired) electrons. The monoisotopic (exact) mass is 444 g/mol. The van der Waals surface area contributed by atoms with Crippen molar-refractivity contribution in [1.29, 1.82) is 0 Å². The summed E-state index contributed by atoms with van der Waals surface area (Å²) in [6, 6.07) is 13.9. The number of ether oxygens (including phenoxy) is 1. The van der Waals surface area contributed by atoms with Gasteiger partial charge < -0.3 is 9.64 Å². The topological polar surface area (TPSA) is 84.0 Å². The van der Waals surface area contributed by atoms with Crippen molar-refractivity contribution in [3.05, 3.63) is 69.7 Å². The Labute approximate surface area is 170 Å². The number of esters is 1. The molecular formula is C20H17BrN2O5. The fraction of sp³-hybridized carbons (Fsp3) is 0.200. The first kappa shape index (κ1) is 19.8. The minimum atomic E-state index is -0.587. The molecule has 1 heterocycles. The van der Waals surface area contributed by atoms with Gasteiger partial charge in [0, 0.05) is 11.0 Å². The van der Waals surface area contributed by atoms with Crippen LogP contribution < -0.4 is 0 Å². The van der Waals surface area contributed by atoms with E-state index in [9.17, 15) is 19.2 Å². The van der Waals surface area contributed by atoms with Crippen LogP contribution in [0.3, 0.4) is 0 Å². The second-order valence-electron chi connectivity index (χ2n) is 6.20. The minimum absolute atomic E-state index is 0.156. The summed E-state index contributed by atoms with van der Waals surface area (Å²) in [6.45, 7) is -0.573. The van der Waals surface area contributed by atoms with E-state index in [0.29, 0.717) is 4.47 Å². The predicted molar refractivity (Wildman–Crippen MR) is 103 cm³/mol. The van der Waals surface area contributed by atoms with Crippen molar-refractivity contribution in [3.8, 4) is 0 Å². The molecule has 0 spiro atoms. The van der Waals surface area contributed by atoms with Crippen molar-refractivity contribution >= 4 is 39.6 Å². The molecule has 2 aromatic carbocycles. The number of halogens is 1. The zero-order valence-electron chi connectivity index (χ0n) is 15.1. The van der Waals surface area contributed by atoms with E-state index in [-0.39, 0.29) is 24.2 Å². The van der Waals surface area contributed by atoms with Gasteiger partial charge in [0.15, 0.2) is 0 Å². The summed E-state index contributed by atoms with van der Waals surface area (Å²) < 4.78 is 5.32. The van der Waals surface area contributed by atoms with Crippen LogP contribution in [-0.4, -0.2) is 53.7 Å². The van der Waals surface area contributed by atoms with E-state index in [4.69, 9.17) is 0 Å². The molecule has 0 aliphatic carbocycles.